The van der Waals surface area contributed by atoms with E-state index in [0.29, 0.717) is 31.0 Å². The second-order valence-electron chi connectivity index (χ2n) is 9.09. The largest absolute Gasteiger partial charge is 0.389 e. The first kappa shape index (κ1) is 20.6. The Balaban J connectivity index is 1.39. The molecule has 0 aliphatic heterocycles. The van der Waals surface area contributed by atoms with Crippen LogP contribution in [0.2, 0.25) is 0 Å². The van der Waals surface area contributed by atoms with Gasteiger partial charge in [0.15, 0.2) is 0 Å². The molecule has 3 nitrogen and oxygen atoms in total. The lowest BCUT2D eigenvalue weighted by atomic mass is 9.64. The van der Waals surface area contributed by atoms with Crippen molar-refractivity contribution in [1.82, 2.24) is 4.98 Å². The molecule has 156 valence electrons. The van der Waals surface area contributed by atoms with Crippen molar-refractivity contribution in [3.05, 3.63) is 66.0 Å². The van der Waals surface area contributed by atoms with Crippen LogP contribution < -0.4 is 0 Å². The van der Waals surface area contributed by atoms with Gasteiger partial charge in [-0.25, -0.2) is 0 Å². The normalized spacial score (nSPS) is 25.4. The molecular formula is C26H35NO2. The second kappa shape index (κ2) is 9.86. The highest BCUT2D eigenvalue weighted by molar-refractivity contribution is 5.13. The van der Waals surface area contributed by atoms with Gasteiger partial charge in [-0.3, -0.25) is 4.98 Å². The van der Waals surface area contributed by atoms with Crippen molar-refractivity contribution in [3.63, 3.8) is 0 Å². The van der Waals surface area contributed by atoms with Gasteiger partial charge in [0.2, 0.25) is 0 Å². The summed E-state index contributed by atoms with van der Waals surface area (Å²) in [7, 11) is 0. The van der Waals surface area contributed by atoms with E-state index in [1.165, 1.54) is 24.8 Å². The molecule has 2 aromatic rings. The fraction of sp³-hybridized carbons (Fsp3) is 0.577. The summed E-state index contributed by atoms with van der Waals surface area (Å²) in [4.78, 5) is 4.55. The lowest BCUT2D eigenvalue weighted by Gasteiger charge is -2.46. The van der Waals surface area contributed by atoms with Gasteiger partial charge >= 0.3 is 0 Å². The fourth-order valence-electron chi connectivity index (χ4n) is 5.54. The van der Waals surface area contributed by atoms with Crippen molar-refractivity contribution in [3.8, 4) is 0 Å². The molecule has 2 aliphatic carbocycles. The van der Waals surface area contributed by atoms with E-state index >= 15 is 0 Å². The Bertz CT molecular complexity index is 721. The summed E-state index contributed by atoms with van der Waals surface area (Å²) in [6.07, 6.45) is 13.2. The Labute approximate surface area is 175 Å². The number of benzene rings is 1. The van der Waals surface area contributed by atoms with E-state index in [2.05, 4.69) is 35.3 Å². The second-order valence-corrected chi connectivity index (χ2v) is 9.09. The minimum atomic E-state index is -0.626. The van der Waals surface area contributed by atoms with Crippen LogP contribution in [-0.2, 0) is 17.8 Å². The van der Waals surface area contributed by atoms with Gasteiger partial charge in [-0.1, -0.05) is 55.7 Å². The van der Waals surface area contributed by atoms with E-state index in [0.717, 1.165) is 44.2 Å². The Morgan fingerprint density at radius 2 is 1.52 bits per heavy atom. The average molecular weight is 394 g/mol. The zero-order valence-electron chi connectivity index (χ0n) is 17.5. The number of pyridine rings is 1. The van der Waals surface area contributed by atoms with E-state index in [4.69, 9.17) is 4.74 Å². The molecule has 1 N–H and O–H groups in total. The Kier molecular flexibility index (Phi) is 6.99. The van der Waals surface area contributed by atoms with E-state index in [-0.39, 0.29) is 0 Å². The van der Waals surface area contributed by atoms with Crippen LogP contribution in [0, 0.1) is 11.8 Å². The maximum absolute atomic E-state index is 12.0. The maximum Gasteiger partial charge on any atom is 0.0759 e. The Hall–Kier alpha value is -1.71. The molecule has 2 aliphatic rings. The van der Waals surface area contributed by atoms with Crippen LogP contribution in [0.1, 0.15) is 69.0 Å². The summed E-state index contributed by atoms with van der Waals surface area (Å²) < 4.78 is 6.20. The molecule has 4 rings (SSSR count). The van der Waals surface area contributed by atoms with Gasteiger partial charge < -0.3 is 9.84 Å². The van der Waals surface area contributed by atoms with Crippen LogP contribution in [0.5, 0.6) is 0 Å². The number of rotatable bonds is 7. The molecule has 0 bridgehead atoms. The number of ether oxygens (including phenoxy) is 1. The van der Waals surface area contributed by atoms with Crippen molar-refractivity contribution in [2.75, 3.05) is 0 Å². The first-order valence-electron chi connectivity index (χ1n) is 11.5. The molecule has 0 radical (unpaired) electrons. The molecule has 1 unspecified atom stereocenters. The molecule has 2 fully saturated rings. The first-order valence-corrected chi connectivity index (χ1v) is 11.5. The molecule has 2 saturated carbocycles. The molecular weight excluding hydrogens is 358 g/mol. The zero-order chi connectivity index (χ0) is 19.9. The van der Waals surface area contributed by atoms with Gasteiger partial charge in [0.1, 0.15) is 0 Å². The Morgan fingerprint density at radius 3 is 2.21 bits per heavy atom. The molecule has 1 atom stereocenters. The van der Waals surface area contributed by atoms with Crippen LogP contribution in [0.3, 0.4) is 0 Å². The first-order chi connectivity index (χ1) is 14.2. The molecule has 1 aromatic heterocycles. The van der Waals surface area contributed by atoms with Crippen LogP contribution in [0.25, 0.3) is 0 Å². The fourth-order valence-corrected chi connectivity index (χ4v) is 5.54. The highest BCUT2D eigenvalue weighted by atomic mass is 16.5. The van der Waals surface area contributed by atoms with E-state index in [9.17, 15) is 5.11 Å². The van der Waals surface area contributed by atoms with E-state index in [1.54, 1.807) is 0 Å². The van der Waals surface area contributed by atoms with Gasteiger partial charge in [-0.05, 0) is 68.1 Å². The number of hydrogen-bond donors (Lipinski definition) is 1. The van der Waals surface area contributed by atoms with Gasteiger partial charge in [0.05, 0.1) is 18.3 Å². The minimum Gasteiger partial charge on any atom is -0.389 e. The number of aromatic nitrogens is 1. The predicted octanol–water partition coefficient (Wildman–Crippen LogP) is 5.71. The standard InChI is InChI=1S/C26H35NO2/c28-26(22-11-5-2-6-12-22,19-24-13-7-8-18-27-24)23-14-16-25(17-15-23)29-20-21-9-3-1-4-10-21/h1,3-4,7-10,13,18,22-23,25,28H,2,5-6,11-12,14-17,19-20H2. The van der Waals surface area contributed by atoms with Crippen LogP contribution >= 0.6 is 0 Å². The quantitative estimate of drug-likeness (QED) is 0.655. The summed E-state index contributed by atoms with van der Waals surface area (Å²) in [6, 6.07) is 16.5. The highest BCUT2D eigenvalue weighted by Gasteiger charge is 2.45. The zero-order valence-corrected chi connectivity index (χ0v) is 17.5. The van der Waals surface area contributed by atoms with E-state index < -0.39 is 5.60 Å². The lowest BCUT2D eigenvalue weighted by molar-refractivity contribution is -0.106. The van der Waals surface area contributed by atoms with Gasteiger partial charge in [0.25, 0.3) is 0 Å². The van der Waals surface area contributed by atoms with Crippen molar-refractivity contribution in [2.24, 2.45) is 11.8 Å². The smallest absolute Gasteiger partial charge is 0.0759 e. The molecule has 29 heavy (non-hydrogen) atoms. The highest BCUT2D eigenvalue weighted by Crippen LogP contribution is 2.45. The van der Waals surface area contributed by atoms with Crippen molar-refractivity contribution >= 4 is 0 Å². The minimum absolute atomic E-state index is 0.317. The third-order valence-corrected chi connectivity index (χ3v) is 7.21. The number of hydrogen-bond acceptors (Lipinski definition) is 3. The summed E-state index contributed by atoms with van der Waals surface area (Å²) in [5.74, 6) is 0.759. The molecule has 0 saturated heterocycles. The monoisotopic (exact) mass is 393 g/mol. The van der Waals surface area contributed by atoms with Gasteiger partial charge in [0, 0.05) is 18.3 Å². The molecule has 3 heteroatoms. The molecule has 0 spiro atoms. The van der Waals surface area contributed by atoms with E-state index in [1.807, 2.05) is 24.4 Å². The number of nitrogens with zero attached hydrogens (tertiary/aromatic N) is 1. The van der Waals surface area contributed by atoms with Crippen molar-refractivity contribution < 1.29 is 9.84 Å². The lowest BCUT2D eigenvalue weighted by Crippen LogP contribution is -2.49. The molecule has 1 aromatic carbocycles. The summed E-state index contributed by atoms with van der Waals surface area (Å²) >= 11 is 0. The maximum atomic E-state index is 12.0. The molecule has 1 heterocycles. The van der Waals surface area contributed by atoms with Crippen molar-refractivity contribution in [2.45, 2.75) is 82.5 Å². The summed E-state index contributed by atoms with van der Waals surface area (Å²) in [5, 5.41) is 12.0. The topological polar surface area (TPSA) is 42.4 Å². The Morgan fingerprint density at radius 1 is 0.828 bits per heavy atom. The van der Waals surface area contributed by atoms with Gasteiger partial charge in [-0.15, -0.1) is 0 Å². The number of aliphatic hydroxyl groups is 1. The SMILES string of the molecule is OC(Cc1ccccn1)(C1CCCCC1)C1CCC(OCc2ccccc2)CC1. The third kappa shape index (κ3) is 5.26. The van der Waals surface area contributed by atoms with Crippen LogP contribution in [0.15, 0.2) is 54.7 Å². The third-order valence-electron chi connectivity index (χ3n) is 7.21. The summed E-state index contributed by atoms with van der Waals surface area (Å²) in [5.41, 5.74) is 1.64. The van der Waals surface area contributed by atoms with Gasteiger partial charge in [-0.2, -0.15) is 0 Å². The van der Waals surface area contributed by atoms with Crippen LogP contribution in [-0.4, -0.2) is 21.8 Å². The summed E-state index contributed by atoms with van der Waals surface area (Å²) in [6.45, 7) is 0.691. The molecule has 0 amide bonds. The predicted molar refractivity (Wildman–Crippen MR) is 116 cm³/mol. The van der Waals surface area contributed by atoms with Crippen molar-refractivity contribution in [1.29, 1.82) is 0 Å². The average Bonchev–Trinajstić information content (AvgIpc) is 2.80. The van der Waals surface area contributed by atoms with Crippen LogP contribution in [0.4, 0.5) is 0 Å².